The zero-order valence-electron chi connectivity index (χ0n) is 13.5. The van der Waals surface area contributed by atoms with E-state index >= 15 is 0 Å². The van der Waals surface area contributed by atoms with Crippen molar-refractivity contribution in [2.24, 2.45) is 0 Å². The van der Waals surface area contributed by atoms with Crippen LogP contribution in [-0.2, 0) is 5.41 Å². The maximum absolute atomic E-state index is 12.2. The summed E-state index contributed by atoms with van der Waals surface area (Å²) in [5, 5.41) is 13.9. The van der Waals surface area contributed by atoms with Crippen LogP contribution in [0.15, 0.2) is 24.3 Å². The SMILES string of the molecule is CCC(C)(C)c1sc(NC(=O)c2ccc([N+](=O)[O-])cc2)nc1C. The fraction of sp³-hybridized carbons (Fsp3) is 0.375. The lowest BCUT2D eigenvalue weighted by Gasteiger charge is -2.21. The number of nitrogens with zero attached hydrogens (tertiary/aromatic N) is 2. The minimum atomic E-state index is -0.495. The van der Waals surface area contributed by atoms with Crippen molar-refractivity contribution in [1.82, 2.24) is 4.98 Å². The largest absolute Gasteiger partial charge is 0.298 e. The van der Waals surface area contributed by atoms with Gasteiger partial charge in [0.05, 0.1) is 10.6 Å². The minimum absolute atomic E-state index is 0.0120. The van der Waals surface area contributed by atoms with Crippen molar-refractivity contribution in [3.8, 4) is 0 Å². The first-order valence-corrected chi connectivity index (χ1v) is 8.10. The summed E-state index contributed by atoms with van der Waals surface area (Å²) in [6, 6.07) is 5.50. The summed E-state index contributed by atoms with van der Waals surface area (Å²) in [5.41, 5.74) is 1.25. The molecule has 0 radical (unpaired) electrons. The molecule has 1 aromatic heterocycles. The van der Waals surface area contributed by atoms with Gasteiger partial charge in [-0.1, -0.05) is 20.8 Å². The molecule has 2 aromatic rings. The zero-order chi connectivity index (χ0) is 17.2. The van der Waals surface area contributed by atoms with E-state index in [9.17, 15) is 14.9 Å². The summed E-state index contributed by atoms with van der Waals surface area (Å²) < 4.78 is 0. The van der Waals surface area contributed by atoms with Gasteiger partial charge >= 0.3 is 0 Å². The van der Waals surface area contributed by atoms with Crippen molar-refractivity contribution < 1.29 is 9.72 Å². The molecule has 2 rings (SSSR count). The molecule has 0 aliphatic carbocycles. The Bertz CT molecular complexity index is 736. The number of aryl methyl sites for hydroxylation is 1. The van der Waals surface area contributed by atoms with E-state index in [4.69, 9.17) is 0 Å². The van der Waals surface area contributed by atoms with Gasteiger partial charge in [-0.25, -0.2) is 4.98 Å². The van der Waals surface area contributed by atoms with E-state index in [1.165, 1.54) is 35.6 Å². The van der Waals surface area contributed by atoms with Crippen LogP contribution < -0.4 is 5.32 Å². The fourth-order valence-corrected chi connectivity index (χ4v) is 3.28. The number of amides is 1. The average molecular weight is 333 g/mol. The van der Waals surface area contributed by atoms with Gasteiger partial charge in [0.1, 0.15) is 0 Å². The van der Waals surface area contributed by atoms with Crippen LogP contribution in [0.3, 0.4) is 0 Å². The second kappa shape index (κ2) is 6.45. The molecule has 0 unspecified atom stereocenters. The van der Waals surface area contributed by atoms with Gasteiger partial charge in [0.15, 0.2) is 5.13 Å². The van der Waals surface area contributed by atoms with E-state index in [2.05, 4.69) is 31.1 Å². The molecule has 1 heterocycles. The summed E-state index contributed by atoms with van der Waals surface area (Å²) in [7, 11) is 0. The number of rotatable bonds is 5. The fourth-order valence-electron chi connectivity index (χ4n) is 2.14. The number of nitro benzene ring substituents is 1. The van der Waals surface area contributed by atoms with Gasteiger partial charge in [0.25, 0.3) is 11.6 Å². The van der Waals surface area contributed by atoms with Gasteiger partial charge in [-0.05, 0) is 25.5 Å². The van der Waals surface area contributed by atoms with Crippen LogP contribution in [0, 0.1) is 17.0 Å². The number of hydrogen-bond acceptors (Lipinski definition) is 5. The molecule has 0 bridgehead atoms. The van der Waals surface area contributed by atoms with Crippen LogP contribution in [-0.4, -0.2) is 15.8 Å². The van der Waals surface area contributed by atoms with Crippen molar-refractivity contribution in [3.63, 3.8) is 0 Å². The van der Waals surface area contributed by atoms with Crippen LogP contribution in [0.5, 0.6) is 0 Å². The first-order chi connectivity index (χ1) is 10.7. The van der Waals surface area contributed by atoms with Gasteiger partial charge in [-0.15, -0.1) is 11.3 Å². The molecular weight excluding hydrogens is 314 g/mol. The van der Waals surface area contributed by atoms with E-state index in [0.717, 1.165) is 17.0 Å². The monoisotopic (exact) mass is 333 g/mol. The molecule has 0 spiro atoms. The summed E-state index contributed by atoms with van der Waals surface area (Å²) in [4.78, 5) is 27.9. The molecule has 0 saturated carbocycles. The number of benzene rings is 1. The molecule has 1 amide bonds. The van der Waals surface area contributed by atoms with Crippen LogP contribution >= 0.6 is 11.3 Å². The number of nitro groups is 1. The first kappa shape index (κ1) is 17.1. The Morgan fingerprint density at radius 3 is 2.48 bits per heavy atom. The number of nitrogens with one attached hydrogen (secondary N) is 1. The smallest absolute Gasteiger partial charge is 0.269 e. The van der Waals surface area contributed by atoms with Crippen molar-refractivity contribution in [3.05, 3.63) is 50.5 Å². The number of non-ortho nitro benzene ring substituents is 1. The highest BCUT2D eigenvalue weighted by Crippen LogP contribution is 2.36. The molecule has 23 heavy (non-hydrogen) atoms. The van der Waals surface area contributed by atoms with Gasteiger partial charge in [-0.2, -0.15) is 0 Å². The predicted octanol–water partition coefficient (Wildman–Crippen LogP) is 4.30. The highest BCUT2D eigenvalue weighted by atomic mass is 32.1. The minimum Gasteiger partial charge on any atom is -0.298 e. The van der Waals surface area contributed by atoms with Gasteiger partial charge in [0.2, 0.25) is 0 Å². The molecule has 0 atom stereocenters. The summed E-state index contributed by atoms with van der Waals surface area (Å²) in [6.07, 6.45) is 0.978. The molecule has 1 aromatic carbocycles. The third-order valence-corrected chi connectivity index (χ3v) is 5.29. The Labute approximate surface area is 138 Å². The number of anilines is 1. The first-order valence-electron chi connectivity index (χ1n) is 7.28. The summed E-state index contributed by atoms with van der Waals surface area (Å²) >= 11 is 1.47. The van der Waals surface area contributed by atoms with Crippen LogP contribution in [0.4, 0.5) is 10.8 Å². The average Bonchev–Trinajstić information content (AvgIpc) is 2.88. The maximum atomic E-state index is 12.2. The lowest BCUT2D eigenvalue weighted by Crippen LogP contribution is -2.14. The van der Waals surface area contributed by atoms with Crippen LogP contribution in [0.2, 0.25) is 0 Å². The quantitative estimate of drug-likeness (QED) is 0.653. The van der Waals surface area contributed by atoms with E-state index in [1.54, 1.807) is 0 Å². The third-order valence-electron chi connectivity index (χ3n) is 3.86. The molecule has 0 aliphatic heterocycles. The lowest BCUT2D eigenvalue weighted by atomic mass is 9.88. The molecule has 0 fully saturated rings. The number of hydrogen-bond donors (Lipinski definition) is 1. The topological polar surface area (TPSA) is 85.1 Å². The van der Waals surface area contributed by atoms with Gasteiger partial charge in [0, 0.05) is 28.0 Å². The van der Waals surface area contributed by atoms with Crippen molar-refractivity contribution in [2.45, 2.75) is 39.5 Å². The second-order valence-corrected chi connectivity index (χ2v) is 6.93. The van der Waals surface area contributed by atoms with E-state index in [-0.39, 0.29) is 17.0 Å². The molecule has 6 nitrogen and oxygen atoms in total. The summed E-state index contributed by atoms with van der Waals surface area (Å²) in [5.74, 6) is -0.325. The number of carbonyl (C=O) groups excluding carboxylic acids is 1. The van der Waals surface area contributed by atoms with Crippen molar-refractivity contribution >= 4 is 28.1 Å². The molecular formula is C16H19N3O3S. The van der Waals surface area contributed by atoms with Gasteiger partial charge < -0.3 is 0 Å². The van der Waals surface area contributed by atoms with E-state index in [1.807, 2.05) is 6.92 Å². The maximum Gasteiger partial charge on any atom is 0.269 e. The molecule has 0 saturated heterocycles. The number of thiazole rings is 1. The Balaban J connectivity index is 2.17. The van der Waals surface area contributed by atoms with Crippen LogP contribution in [0.1, 0.15) is 48.1 Å². The molecule has 0 aliphatic rings. The molecule has 1 N–H and O–H groups in total. The van der Waals surface area contributed by atoms with Crippen molar-refractivity contribution in [2.75, 3.05) is 5.32 Å². The predicted molar refractivity (Wildman–Crippen MR) is 91.2 cm³/mol. The van der Waals surface area contributed by atoms with E-state index in [0.29, 0.717) is 10.7 Å². The number of aromatic nitrogens is 1. The van der Waals surface area contributed by atoms with E-state index < -0.39 is 4.92 Å². The lowest BCUT2D eigenvalue weighted by molar-refractivity contribution is -0.384. The van der Waals surface area contributed by atoms with Gasteiger partial charge in [-0.3, -0.25) is 20.2 Å². The highest BCUT2D eigenvalue weighted by Gasteiger charge is 2.24. The van der Waals surface area contributed by atoms with Crippen molar-refractivity contribution in [1.29, 1.82) is 0 Å². The Hall–Kier alpha value is -2.28. The highest BCUT2D eigenvalue weighted by molar-refractivity contribution is 7.16. The zero-order valence-corrected chi connectivity index (χ0v) is 14.4. The normalized spacial score (nSPS) is 11.3. The third kappa shape index (κ3) is 3.73. The Morgan fingerprint density at radius 1 is 1.35 bits per heavy atom. The summed E-state index contributed by atoms with van der Waals surface area (Å²) in [6.45, 7) is 8.35. The Kier molecular flexibility index (Phi) is 4.79. The second-order valence-electron chi connectivity index (χ2n) is 5.93. The Morgan fingerprint density at radius 2 is 1.96 bits per heavy atom. The number of carbonyl (C=O) groups is 1. The van der Waals surface area contributed by atoms with Crippen LogP contribution in [0.25, 0.3) is 0 Å². The molecule has 7 heteroatoms. The molecule has 122 valence electrons. The standard InChI is InChI=1S/C16H19N3O3S/c1-5-16(3,4)13-10(2)17-15(23-13)18-14(20)11-6-8-12(9-7-11)19(21)22/h6-9H,5H2,1-4H3,(H,17,18,20).